The van der Waals surface area contributed by atoms with Crippen LogP contribution in [0.3, 0.4) is 0 Å². The molecule has 0 saturated heterocycles. The number of rotatable bonds is 3. The minimum atomic E-state index is 0.367. The Balaban J connectivity index is 1.45. The second-order valence-corrected chi connectivity index (χ2v) is 12.0. The third-order valence-electron chi connectivity index (χ3n) is 9.80. The Morgan fingerprint density at radius 1 is 0.444 bits per heavy atom. The van der Waals surface area contributed by atoms with Gasteiger partial charge in [0.15, 0.2) is 0 Å². The highest BCUT2D eigenvalue weighted by molar-refractivity contribution is 6.21. The SMILES string of the molecule is c1ccc(-c2c3ccccc3c(-c3ccccc3C34CC5CC(CC(C5)C3)C4)c3ccccc23)cc1. The average Bonchev–Trinajstić information content (AvgIpc) is 2.91. The van der Waals surface area contributed by atoms with Crippen LogP contribution < -0.4 is 0 Å². The first-order chi connectivity index (χ1) is 17.8. The molecule has 4 aliphatic rings. The second-order valence-electron chi connectivity index (χ2n) is 12.0. The molecule has 0 heterocycles. The van der Waals surface area contributed by atoms with Crippen molar-refractivity contribution in [3.63, 3.8) is 0 Å². The maximum absolute atomic E-state index is 2.50. The largest absolute Gasteiger partial charge is 0.0622 e. The van der Waals surface area contributed by atoms with E-state index in [2.05, 4.69) is 103 Å². The van der Waals surface area contributed by atoms with Crippen molar-refractivity contribution in [3.8, 4) is 22.3 Å². The van der Waals surface area contributed by atoms with E-state index in [4.69, 9.17) is 0 Å². The van der Waals surface area contributed by atoms with Crippen molar-refractivity contribution in [2.24, 2.45) is 17.8 Å². The van der Waals surface area contributed by atoms with Crippen LogP contribution >= 0.6 is 0 Å². The summed E-state index contributed by atoms with van der Waals surface area (Å²) in [6, 6.07) is 38.7. The minimum absolute atomic E-state index is 0.367. The predicted octanol–water partition coefficient (Wildman–Crippen LogP) is 9.79. The summed E-state index contributed by atoms with van der Waals surface area (Å²) in [6.07, 6.45) is 8.65. The van der Waals surface area contributed by atoms with Gasteiger partial charge in [0.05, 0.1) is 0 Å². The average molecular weight is 465 g/mol. The zero-order valence-electron chi connectivity index (χ0n) is 20.8. The molecule has 5 aromatic rings. The van der Waals surface area contributed by atoms with E-state index >= 15 is 0 Å². The number of benzene rings is 5. The first-order valence-corrected chi connectivity index (χ1v) is 13.9. The molecular formula is C36H32. The molecule has 4 fully saturated rings. The Morgan fingerprint density at radius 2 is 0.889 bits per heavy atom. The zero-order chi connectivity index (χ0) is 23.7. The van der Waals surface area contributed by atoms with E-state index in [1.807, 2.05) is 0 Å². The van der Waals surface area contributed by atoms with Gasteiger partial charge in [0, 0.05) is 0 Å². The van der Waals surface area contributed by atoms with Crippen LogP contribution in [0.5, 0.6) is 0 Å². The first kappa shape index (κ1) is 20.8. The topological polar surface area (TPSA) is 0 Å². The van der Waals surface area contributed by atoms with Crippen LogP contribution in [0.15, 0.2) is 103 Å². The summed E-state index contributed by atoms with van der Waals surface area (Å²) in [5, 5.41) is 5.48. The van der Waals surface area contributed by atoms with Gasteiger partial charge in [-0.15, -0.1) is 0 Å². The molecule has 0 spiro atoms. The van der Waals surface area contributed by atoms with E-state index in [1.165, 1.54) is 82.3 Å². The molecule has 9 rings (SSSR count). The van der Waals surface area contributed by atoms with Crippen molar-refractivity contribution in [2.45, 2.75) is 43.9 Å². The Hall–Kier alpha value is -3.38. The summed E-state index contributed by atoms with van der Waals surface area (Å²) >= 11 is 0. The van der Waals surface area contributed by atoms with Crippen molar-refractivity contribution in [3.05, 3.63) is 109 Å². The molecule has 0 atom stereocenters. The summed E-state index contributed by atoms with van der Waals surface area (Å²) in [5.41, 5.74) is 7.57. The molecule has 4 aliphatic carbocycles. The molecule has 176 valence electrons. The highest BCUT2D eigenvalue weighted by Gasteiger charge is 2.52. The standard InChI is InChI=1S/C36H32/c1-2-10-27(11-3-1)34-28-12-4-6-14-30(28)35(31-15-7-5-13-29(31)34)32-16-8-9-17-33(32)36-21-24-18-25(22-36)20-26(19-24)23-36/h1-17,24-26H,18-23H2. The minimum Gasteiger partial charge on any atom is -0.0622 e. The number of hydrogen-bond donors (Lipinski definition) is 0. The second kappa shape index (κ2) is 7.81. The summed E-state index contributed by atoms with van der Waals surface area (Å²) in [6.45, 7) is 0. The molecule has 0 unspecified atom stereocenters. The third kappa shape index (κ3) is 3.00. The molecule has 0 nitrogen and oxygen atoms in total. The van der Waals surface area contributed by atoms with Gasteiger partial charge in [-0.2, -0.15) is 0 Å². The van der Waals surface area contributed by atoms with Gasteiger partial charge < -0.3 is 0 Å². The molecule has 36 heavy (non-hydrogen) atoms. The summed E-state index contributed by atoms with van der Waals surface area (Å²) < 4.78 is 0. The van der Waals surface area contributed by atoms with Gasteiger partial charge in [-0.1, -0.05) is 103 Å². The van der Waals surface area contributed by atoms with Gasteiger partial charge in [0.2, 0.25) is 0 Å². The lowest BCUT2D eigenvalue weighted by Crippen LogP contribution is -2.48. The highest BCUT2D eigenvalue weighted by Crippen LogP contribution is 2.62. The monoisotopic (exact) mass is 464 g/mol. The fraction of sp³-hybridized carbons (Fsp3) is 0.278. The molecule has 0 heteroatoms. The van der Waals surface area contributed by atoms with Crippen LogP contribution in [0.2, 0.25) is 0 Å². The van der Waals surface area contributed by atoms with Crippen molar-refractivity contribution in [2.75, 3.05) is 0 Å². The molecule has 5 aromatic carbocycles. The molecule has 4 bridgehead atoms. The van der Waals surface area contributed by atoms with E-state index in [1.54, 1.807) is 5.56 Å². The quantitative estimate of drug-likeness (QED) is 0.233. The van der Waals surface area contributed by atoms with Gasteiger partial charge >= 0.3 is 0 Å². The Labute approximate surface area is 214 Å². The lowest BCUT2D eigenvalue weighted by molar-refractivity contribution is -0.00491. The number of fused-ring (bicyclic) bond motifs is 2. The van der Waals surface area contributed by atoms with Crippen LogP contribution in [0.1, 0.15) is 44.1 Å². The van der Waals surface area contributed by atoms with Gasteiger partial charge in [0.25, 0.3) is 0 Å². The van der Waals surface area contributed by atoms with Gasteiger partial charge in [0.1, 0.15) is 0 Å². The first-order valence-electron chi connectivity index (χ1n) is 13.9. The normalized spacial score (nSPS) is 26.6. The van der Waals surface area contributed by atoms with E-state index in [0.717, 1.165) is 17.8 Å². The van der Waals surface area contributed by atoms with E-state index in [9.17, 15) is 0 Å². The fourth-order valence-electron chi connectivity index (χ4n) is 8.94. The van der Waals surface area contributed by atoms with Crippen molar-refractivity contribution in [1.82, 2.24) is 0 Å². The van der Waals surface area contributed by atoms with Crippen LogP contribution in [-0.2, 0) is 5.41 Å². The van der Waals surface area contributed by atoms with Gasteiger partial charge in [-0.3, -0.25) is 0 Å². The zero-order valence-corrected chi connectivity index (χ0v) is 20.8. The van der Waals surface area contributed by atoms with E-state index in [0.29, 0.717) is 5.41 Å². The van der Waals surface area contributed by atoms with Crippen LogP contribution in [-0.4, -0.2) is 0 Å². The Morgan fingerprint density at radius 3 is 1.44 bits per heavy atom. The molecule has 0 aliphatic heterocycles. The van der Waals surface area contributed by atoms with E-state index < -0.39 is 0 Å². The van der Waals surface area contributed by atoms with Crippen LogP contribution in [0.25, 0.3) is 43.8 Å². The van der Waals surface area contributed by atoms with Crippen LogP contribution in [0, 0.1) is 17.8 Å². The van der Waals surface area contributed by atoms with Gasteiger partial charge in [-0.25, -0.2) is 0 Å². The fourth-order valence-corrected chi connectivity index (χ4v) is 8.94. The van der Waals surface area contributed by atoms with E-state index in [-0.39, 0.29) is 0 Å². The molecule has 0 N–H and O–H groups in total. The maximum Gasteiger partial charge on any atom is -0.00234 e. The molecule has 0 aromatic heterocycles. The van der Waals surface area contributed by atoms with Crippen molar-refractivity contribution < 1.29 is 0 Å². The smallest absolute Gasteiger partial charge is 0.00234 e. The molecule has 0 radical (unpaired) electrons. The Bertz CT molecular complexity index is 1510. The van der Waals surface area contributed by atoms with Crippen molar-refractivity contribution in [1.29, 1.82) is 0 Å². The lowest BCUT2D eigenvalue weighted by Gasteiger charge is -2.57. The molecular weight excluding hydrogens is 432 g/mol. The summed E-state index contributed by atoms with van der Waals surface area (Å²) in [7, 11) is 0. The van der Waals surface area contributed by atoms with Crippen molar-refractivity contribution >= 4 is 21.5 Å². The van der Waals surface area contributed by atoms with Gasteiger partial charge in [-0.05, 0) is 111 Å². The highest BCUT2D eigenvalue weighted by atomic mass is 14.6. The predicted molar refractivity (Wildman–Crippen MR) is 152 cm³/mol. The lowest BCUT2D eigenvalue weighted by atomic mass is 9.47. The number of hydrogen-bond acceptors (Lipinski definition) is 0. The summed E-state index contributed by atoms with van der Waals surface area (Å²) in [4.78, 5) is 0. The summed E-state index contributed by atoms with van der Waals surface area (Å²) in [5.74, 6) is 2.83. The molecule has 4 saturated carbocycles. The molecule has 0 amide bonds. The third-order valence-corrected chi connectivity index (χ3v) is 9.80. The maximum atomic E-state index is 2.50. The Kier molecular flexibility index (Phi) is 4.51. The van der Waals surface area contributed by atoms with Crippen LogP contribution in [0.4, 0.5) is 0 Å².